The number of tetrazole rings is 1. The Morgan fingerprint density at radius 2 is 1.73 bits per heavy atom. The van der Waals surface area contributed by atoms with Crippen LogP contribution < -0.4 is 10.6 Å². The number of hydrogen-bond donors (Lipinski definition) is 2. The minimum absolute atomic E-state index is 0.167. The van der Waals surface area contributed by atoms with Gasteiger partial charge in [-0.25, -0.2) is 9.36 Å². The number of benzene rings is 2. The number of rotatable bonds is 7. The van der Waals surface area contributed by atoms with Crippen LogP contribution in [0, 0.1) is 13.8 Å². The monoisotopic (exact) mass is 462 g/mol. The molecule has 0 aliphatic heterocycles. The first-order valence-electron chi connectivity index (χ1n) is 10.1. The Hall–Kier alpha value is -3.99. The third kappa shape index (κ3) is 5.09. The average molecular weight is 463 g/mol. The maximum Gasteiger partial charge on any atom is 0.255 e. The molecule has 11 heteroatoms. The van der Waals surface area contributed by atoms with E-state index in [1.165, 1.54) is 16.4 Å². The van der Waals surface area contributed by atoms with Crippen molar-refractivity contribution in [2.45, 2.75) is 19.0 Å². The zero-order valence-corrected chi connectivity index (χ0v) is 19.1. The van der Waals surface area contributed by atoms with Crippen molar-refractivity contribution in [1.82, 2.24) is 30.0 Å². The molecule has 0 radical (unpaired) electrons. The van der Waals surface area contributed by atoms with Crippen molar-refractivity contribution >= 4 is 35.0 Å². The van der Waals surface area contributed by atoms with Gasteiger partial charge in [-0.15, -0.1) is 5.10 Å². The van der Waals surface area contributed by atoms with Gasteiger partial charge < -0.3 is 10.6 Å². The predicted octanol–water partition coefficient (Wildman–Crippen LogP) is 3.00. The standard InChI is InChI=1S/C22H22N8O2S/c1-14-20(15(2)30(26-14)18-7-5-4-6-8-18)24-21(32)16-9-11-17(12-10-16)23-19(31)13-33-22-25-27-28-29(22)3/h4-12H,13H2,1-3H3,(H,23,31)(H,24,32). The van der Waals surface area contributed by atoms with E-state index < -0.39 is 0 Å². The van der Waals surface area contributed by atoms with E-state index in [0.29, 0.717) is 22.1 Å². The third-order valence-corrected chi connectivity index (χ3v) is 5.89. The van der Waals surface area contributed by atoms with Crippen molar-refractivity contribution in [2.75, 3.05) is 16.4 Å². The Morgan fingerprint density at radius 3 is 2.39 bits per heavy atom. The number of amides is 2. The number of para-hydroxylation sites is 1. The average Bonchev–Trinajstić information content (AvgIpc) is 3.36. The smallest absolute Gasteiger partial charge is 0.255 e. The number of nitrogens with zero attached hydrogens (tertiary/aromatic N) is 6. The van der Waals surface area contributed by atoms with Gasteiger partial charge in [-0.3, -0.25) is 9.59 Å². The van der Waals surface area contributed by atoms with Gasteiger partial charge in [-0.05, 0) is 60.7 Å². The van der Waals surface area contributed by atoms with Gasteiger partial charge in [-0.1, -0.05) is 30.0 Å². The maximum atomic E-state index is 12.8. The van der Waals surface area contributed by atoms with Crippen LogP contribution in [0.3, 0.4) is 0 Å². The van der Waals surface area contributed by atoms with Gasteiger partial charge in [0.2, 0.25) is 11.1 Å². The number of hydrogen-bond acceptors (Lipinski definition) is 7. The van der Waals surface area contributed by atoms with Crippen molar-refractivity contribution in [3.63, 3.8) is 0 Å². The highest BCUT2D eigenvalue weighted by Gasteiger charge is 2.16. The van der Waals surface area contributed by atoms with Crippen LogP contribution in [-0.2, 0) is 11.8 Å². The fourth-order valence-corrected chi connectivity index (χ4v) is 3.86. The van der Waals surface area contributed by atoms with Crippen LogP contribution in [0.1, 0.15) is 21.7 Å². The van der Waals surface area contributed by atoms with Crippen LogP contribution in [-0.4, -0.2) is 47.6 Å². The molecule has 0 spiro atoms. The van der Waals surface area contributed by atoms with Crippen LogP contribution in [0.25, 0.3) is 5.69 Å². The normalized spacial score (nSPS) is 10.8. The van der Waals surface area contributed by atoms with E-state index in [4.69, 9.17) is 0 Å². The van der Waals surface area contributed by atoms with Gasteiger partial charge in [0.05, 0.1) is 28.5 Å². The number of carbonyl (C=O) groups excluding carboxylic acids is 2. The van der Waals surface area contributed by atoms with E-state index >= 15 is 0 Å². The van der Waals surface area contributed by atoms with Crippen LogP contribution in [0.15, 0.2) is 59.8 Å². The fourth-order valence-electron chi connectivity index (χ4n) is 3.21. The summed E-state index contributed by atoms with van der Waals surface area (Å²) in [6, 6.07) is 16.4. The molecule has 4 aromatic rings. The summed E-state index contributed by atoms with van der Waals surface area (Å²) in [7, 11) is 1.71. The lowest BCUT2D eigenvalue weighted by Crippen LogP contribution is -2.15. The Labute approximate surface area is 194 Å². The second-order valence-electron chi connectivity index (χ2n) is 7.25. The molecule has 2 aromatic carbocycles. The molecule has 2 amide bonds. The van der Waals surface area contributed by atoms with Gasteiger partial charge in [0.1, 0.15) is 0 Å². The van der Waals surface area contributed by atoms with Crippen molar-refractivity contribution in [3.8, 4) is 5.69 Å². The molecular weight excluding hydrogens is 440 g/mol. The number of aryl methyl sites for hydroxylation is 2. The molecule has 0 unspecified atom stereocenters. The molecule has 2 aromatic heterocycles. The number of thioether (sulfide) groups is 1. The maximum absolute atomic E-state index is 12.8. The molecule has 0 aliphatic carbocycles. The summed E-state index contributed by atoms with van der Waals surface area (Å²) in [5.41, 5.74) is 4.23. The molecule has 33 heavy (non-hydrogen) atoms. The Morgan fingerprint density at radius 1 is 1.00 bits per heavy atom. The SMILES string of the molecule is Cc1nn(-c2ccccc2)c(C)c1NC(=O)c1ccc(NC(=O)CSc2nnnn2C)cc1. The topological polar surface area (TPSA) is 120 Å². The predicted molar refractivity (Wildman–Crippen MR) is 126 cm³/mol. The van der Waals surface area contributed by atoms with Crippen LogP contribution in [0.2, 0.25) is 0 Å². The first-order chi connectivity index (χ1) is 15.9. The third-order valence-electron chi connectivity index (χ3n) is 4.88. The van der Waals surface area contributed by atoms with Crippen molar-refractivity contribution < 1.29 is 9.59 Å². The van der Waals surface area contributed by atoms with Gasteiger partial charge in [0.25, 0.3) is 5.91 Å². The lowest BCUT2D eigenvalue weighted by Gasteiger charge is -2.08. The summed E-state index contributed by atoms with van der Waals surface area (Å²) in [5, 5.41) is 21.9. The van der Waals surface area contributed by atoms with Gasteiger partial charge in [0.15, 0.2) is 0 Å². The molecule has 4 rings (SSSR count). The molecule has 2 heterocycles. The largest absolute Gasteiger partial charge is 0.325 e. The summed E-state index contributed by atoms with van der Waals surface area (Å²) in [4.78, 5) is 25.0. The zero-order chi connectivity index (χ0) is 23.4. The second kappa shape index (κ2) is 9.65. The molecule has 0 saturated carbocycles. The highest BCUT2D eigenvalue weighted by Crippen LogP contribution is 2.23. The Kier molecular flexibility index (Phi) is 6.50. The summed E-state index contributed by atoms with van der Waals surface area (Å²) in [5.74, 6) is -0.280. The van der Waals surface area contributed by atoms with E-state index in [1.54, 1.807) is 36.0 Å². The van der Waals surface area contributed by atoms with Crippen LogP contribution in [0.5, 0.6) is 0 Å². The van der Waals surface area contributed by atoms with E-state index in [0.717, 1.165) is 17.1 Å². The van der Waals surface area contributed by atoms with Crippen LogP contribution >= 0.6 is 11.8 Å². The Balaban J connectivity index is 1.38. The molecular formula is C22H22N8O2S. The number of nitrogens with one attached hydrogen (secondary N) is 2. The van der Waals surface area contributed by atoms with Crippen molar-refractivity contribution in [2.24, 2.45) is 7.05 Å². The number of aromatic nitrogens is 6. The zero-order valence-electron chi connectivity index (χ0n) is 18.3. The first-order valence-corrected chi connectivity index (χ1v) is 11.1. The second-order valence-corrected chi connectivity index (χ2v) is 8.19. The van der Waals surface area contributed by atoms with Crippen molar-refractivity contribution in [3.05, 3.63) is 71.5 Å². The molecule has 2 N–H and O–H groups in total. The summed E-state index contributed by atoms with van der Waals surface area (Å²) < 4.78 is 3.30. The summed E-state index contributed by atoms with van der Waals surface area (Å²) in [6.07, 6.45) is 0. The van der Waals surface area contributed by atoms with E-state index in [1.807, 2.05) is 44.2 Å². The van der Waals surface area contributed by atoms with E-state index in [2.05, 4.69) is 31.3 Å². The van der Waals surface area contributed by atoms with Crippen LogP contribution in [0.4, 0.5) is 11.4 Å². The molecule has 0 bridgehead atoms. The highest BCUT2D eigenvalue weighted by atomic mass is 32.2. The van der Waals surface area contributed by atoms with E-state index in [9.17, 15) is 9.59 Å². The van der Waals surface area contributed by atoms with Crippen molar-refractivity contribution in [1.29, 1.82) is 0 Å². The molecule has 0 saturated heterocycles. The van der Waals surface area contributed by atoms with Gasteiger partial charge in [0, 0.05) is 18.3 Å². The van der Waals surface area contributed by atoms with E-state index in [-0.39, 0.29) is 17.6 Å². The number of carbonyl (C=O) groups is 2. The lowest BCUT2D eigenvalue weighted by atomic mass is 10.2. The van der Waals surface area contributed by atoms with Gasteiger partial charge >= 0.3 is 0 Å². The Bertz CT molecular complexity index is 1280. The molecule has 168 valence electrons. The minimum Gasteiger partial charge on any atom is -0.325 e. The summed E-state index contributed by atoms with van der Waals surface area (Å²) in [6.45, 7) is 3.77. The first kappa shape index (κ1) is 22.2. The quantitative estimate of drug-likeness (QED) is 0.405. The minimum atomic E-state index is -0.253. The molecule has 0 aliphatic rings. The molecule has 0 fully saturated rings. The molecule has 10 nitrogen and oxygen atoms in total. The lowest BCUT2D eigenvalue weighted by molar-refractivity contribution is -0.113. The van der Waals surface area contributed by atoms with Gasteiger partial charge in [-0.2, -0.15) is 5.10 Å². The molecule has 0 atom stereocenters. The number of anilines is 2. The highest BCUT2D eigenvalue weighted by molar-refractivity contribution is 7.99. The summed E-state index contributed by atoms with van der Waals surface area (Å²) >= 11 is 1.24. The fraction of sp³-hybridized carbons (Fsp3) is 0.182.